The van der Waals surface area contributed by atoms with E-state index >= 15 is 0 Å². The second kappa shape index (κ2) is 6.23. The van der Waals surface area contributed by atoms with Crippen LogP contribution in [0.3, 0.4) is 0 Å². The monoisotopic (exact) mass is 273 g/mol. The first kappa shape index (κ1) is 14.1. The Morgan fingerprint density at radius 1 is 1.15 bits per heavy atom. The number of nitrogens with zero attached hydrogens (tertiary/aromatic N) is 2. The Hall–Kier alpha value is -2.30. The van der Waals surface area contributed by atoms with Crippen LogP contribution in [0.1, 0.15) is 12.5 Å². The molecule has 1 heterocycles. The molecule has 106 valence electrons. The van der Waals surface area contributed by atoms with Crippen molar-refractivity contribution < 1.29 is 9.47 Å². The summed E-state index contributed by atoms with van der Waals surface area (Å²) in [5, 5.41) is 3.18. The van der Waals surface area contributed by atoms with E-state index in [4.69, 9.17) is 9.47 Å². The summed E-state index contributed by atoms with van der Waals surface area (Å²) in [6, 6.07) is 5.87. The fourth-order valence-corrected chi connectivity index (χ4v) is 2.08. The van der Waals surface area contributed by atoms with Gasteiger partial charge < -0.3 is 14.8 Å². The van der Waals surface area contributed by atoms with Crippen molar-refractivity contribution in [1.82, 2.24) is 9.97 Å². The van der Waals surface area contributed by atoms with Crippen molar-refractivity contribution in [1.29, 1.82) is 0 Å². The lowest BCUT2D eigenvalue weighted by molar-refractivity contribution is 0.413. The van der Waals surface area contributed by atoms with Crippen LogP contribution in [0.15, 0.2) is 24.5 Å². The molecule has 0 amide bonds. The van der Waals surface area contributed by atoms with Gasteiger partial charge in [0.1, 0.15) is 17.8 Å². The molecule has 1 aromatic carbocycles. The molecule has 0 unspecified atom stereocenters. The van der Waals surface area contributed by atoms with Gasteiger partial charge in [0.2, 0.25) is 0 Å². The standard InChI is InChI=1S/C15H19N3O2/c1-5-16-15-14(20-4)13(17-9-18-15)12-7-6-11(19-3)8-10(12)2/h6-9H,5H2,1-4H3,(H,16,17,18). The maximum Gasteiger partial charge on any atom is 0.187 e. The van der Waals surface area contributed by atoms with E-state index in [2.05, 4.69) is 15.3 Å². The molecule has 0 aliphatic heterocycles. The van der Waals surface area contributed by atoms with Gasteiger partial charge in [0.25, 0.3) is 0 Å². The topological polar surface area (TPSA) is 56.3 Å². The zero-order chi connectivity index (χ0) is 14.5. The molecule has 0 bridgehead atoms. The quantitative estimate of drug-likeness (QED) is 0.907. The SMILES string of the molecule is CCNc1ncnc(-c2ccc(OC)cc2C)c1OC. The predicted molar refractivity (Wildman–Crippen MR) is 79.5 cm³/mol. The van der Waals surface area contributed by atoms with E-state index in [0.717, 1.165) is 29.1 Å². The zero-order valence-electron chi connectivity index (χ0n) is 12.2. The summed E-state index contributed by atoms with van der Waals surface area (Å²) >= 11 is 0. The second-order valence-corrected chi connectivity index (χ2v) is 4.32. The number of benzene rings is 1. The van der Waals surface area contributed by atoms with Crippen LogP contribution in [0.25, 0.3) is 11.3 Å². The Balaban J connectivity index is 2.54. The average Bonchev–Trinajstić information content (AvgIpc) is 2.47. The number of anilines is 1. The summed E-state index contributed by atoms with van der Waals surface area (Å²) in [4.78, 5) is 8.58. The first-order valence-corrected chi connectivity index (χ1v) is 6.49. The van der Waals surface area contributed by atoms with Crippen molar-refractivity contribution in [3.05, 3.63) is 30.1 Å². The molecule has 2 aromatic rings. The van der Waals surface area contributed by atoms with Crippen molar-refractivity contribution in [2.75, 3.05) is 26.1 Å². The average molecular weight is 273 g/mol. The Morgan fingerprint density at radius 2 is 1.95 bits per heavy atom. The normalized spacial score (nSPS) is 10.2. The summed E-state index contributed by atoms with van der Waals surface area (Å²) in [6.07, 6.45) is 1.54. The number of ether oxygens (including phenoxy) is 2. The van der Waals surface area contributed by atoms with E-state index in [1.54, 1.807) is 20.5 Å². The maximum absolute atomic E-state index is 5.48. The van der Waals surface area contributed by atoms with Crippen LogP contribution in [0, 0.1) is 6.92 Å². The highest BCUT2D eigenvalue weighted by Crippen LogP contribution is 2.35. The Kier molecular flexibility index (Phi) is 4.40. The third-order valence-corrected chi connectivity index (χ3v) is 3.04. The fraction of sp³-hybridized carbons (Fsp3) is 0.333. The number of hydrogen-bond acceptors (Lipinski definition) is 5. The highest BCUT2D eigenvalue weighted by molar-refractivity contribution is 5.75. The minimum Gasteiger partial charge on any atom is -0.497 e. The third-order valence-electron chi connectivity index (χ3n) is 3.04. The number of methoxy groups -OCH3 is 2. The van der Waals surface area contributed by atoms with Gasteiger partial charge in [-0.3, -0.25) is 0 Å². The van der Waals surface area contributed by atoms with Gasteiger partial charge >= 0.3 is 0 Å². The number of aromatic nitrogens is 2. The van der Waals surface area contributed by atoms with Crippen LogP contribution in [-0.2, 0) is 0 Å². The highest BCUT2D eigenvalue weighted by atomic mass is 16.5. The molecule has 1 aromatic heterocycles. The molecule has 0 fully saturated rings. The Bertz CT molecular complexity index is 600. The molecular weight excluding hydrogens is 254 g/mol. The lowest BCUT2D eigenvalue weighted by atomic mass is 10.0. The molecule has 1 N–H and O–H groups in total. The molecule has 2 rings (SSSR count). The summed E-state index contributed by atoms with van der Waals surface area (Å²) in [6.45, 7) is 4.81. The van der Waals surface area contributed by atoms with Crippen LogP contribution in [-0.4, -0.2) is 30.7 Å². The van der Waals surface area contributed by atoms with Crippen LogP contribution in [0.2, 0.25) is 0 Å². The first-order chi connectivity index (χ1) is 9.71. The van der Waals surface area contributed by atoms with Crippen LogP contribution >= 0.6 is 0 Å². The lowest BCUT2D eigenvalue weighted by Crippen LogP contribution is -2.04. The molecule has 0 aliphatic carbocycles. The molecule has 0 saturated carbocycles. The van der Waals surface area contributed by atoms with E-state index in [1.165, 1.54) is 0 Å². The summed E-state index contributed by atoms with van der Waals surface area (Å²) < 4.78 is 10.7. The van der Waals surface area contributed by atoms with Gasteiger partial charge in [-0.1, -0.05) is 0 Å². The fourth-order valence-electron chi connectivity index (χ4n) is 2.08. The van der Waals surface area contributed by atoms with Gasteiger partial charge in [0, 0.05) is 12.1 Å². The number of aryl methyl sites for hydroxylation is 1. The predicted octanol–water partition coefficient (Wildman–Crippen LogP) is 2.90. The smallest absolute Gasteiger partial charge is 0.187 e. The summed E-state index contributed by atoms with van der Waals surface area (Å²) in [7, 11) is 3.28. The van der Waals surface area contributed by atoms with Crippen molar-refractivity contribution in [2.45, 2.75) is 13.8 Å². The Morgan fingerprint density at radius 3 is 2.55 bits per heavy atom. The summed E-state index contributed by atoms with van der Waals surface area (Å²) in [5.74, 6) is 2.18. The van der Waals surface area contributed by atoms with Gasteiger partial charge in [-0.15, -0.1) is 0 Å². The van der Waals surface area contributed by atoms with Crippen LogP contribution in [0.4, 0.5) is 5.82 Å². The summed E-state index contributed by atoms with van der Waals surface area (Å²) in [5.41, 5.74) is 2.85. The molecule has 0 spiro atoms. The van der Waals surface area contributed by atoms with Crippen molar-refractivity contribution >= 4 is 5.82 Å². The lowest BCUT2D eigenvalue weighted by Gasteiger charge is -2.14. The van der Waals surface area contributed by atoms with Gasteiger partial charge in [-0.2, -0.15) is 0 Å². The molecular formula is C15H19N3O2. The highest BCUT2D eigenvalue weighted by Gasteiger charge is 2.15. The van der Waals surface area contributed by atoms with E-state index in [1.807, 2.05) is 32.0 Å². The molecule has 0 aliphatic rings. The van der Waals surface area contributed by atoms with Crippen LogP contribution in [0.5, 0.6) is 11.5 Å². The minimum atomic E-state index is 0.655. The Labute approximate surface area is 119 Å². The van der Waals surface area contributed by atoms with Crippen LogP contribution < -0.4 is 14.8 Å². The van der Waals surface area contributed by atoms with Crippen molar-refractivity contribution in [3.8, 4) is 22.8 Å². The minimum absolute atomic E-state index is 0.655. The van der Waals surface area contributed by atoms with E-state index in [9.17, 15) is 0 Å². The van der Waals surface area contributed by atoms with Gasteiger partial charge in [-0.05, 0) is 37.6 Å². The van der Waals surface area contributed by atoms with Crippen molar-refractivity contribution in [2.24, 2.45) is 0 Å². The number of rotatable bonds is 5. The van der Waals surface area contributed by atoms with Crippen molar-refractivity contribution in [3.63, 3.8) is 0 Å². The van der Waals surface area contributed by atoms with E-state index < -0.39 is 0 Å². The molecule has 5 heteroatoms. The molecule has 20 heavy (non-hydrogen) atoms. The molecule has 0 saturated heterocycles. The second-order valence-electron chi connectivity index (χ2n) is 4.32. The third kappa shape index (κ3) is 2.66. The maximum atomic E-state index is 5.48. The molecule has 5 nitrogen and oxygen atoms in total. The van der Waals surface area contributed by atoms with E-state index in [0.29, 0.717) is 11.6 Å². The van der Waals surface area contributed by atoms with Gasteiger partial charge in [-0.25, -0.2) is 9.97 Å². The van der Waals surface area contributed by atoms with Gasteiger partial charge in [0.15, 0.2) is 11.6 Å². The first-order valence-electron chi connectivity index (χ1n) is 6.49. The molecule has 0 atom stereocenters. The number of nitrogens with one attached hydrogen (secondary N) is 1. The zero-order valence-corrected chi connectivity index (χ0v) is 12.2. The largest absolute Gasteiger partial charge is 0.497 e. The molecule has 0 radical (unpaired) electrons. The van der Waals surface area contributed by atoms with Gasteiger partial charge in [0.05, 0.1) is 14.2 Å². The number of hydrogen-bond donors (Lipinski definition) is 1. The van der Waals surface area contributed by atoms with E-state index in [-0.39, 0.29) is 0 Å².